The lowest BCUT2D eigenvalue weighted by Crippen LogP contribution is -2.48. The van der Waals surface area contributed by atoms with Gasteiger partial charge in [0.1, 0.15) is 0 Å². The maximum absolute atomic E-state index is 12.6. The first kappa shape index (κ1) is 19.7. The number of nitrogens with zero attached hydrogens (tertiary/aromatic N) is 1. The summed E-state index contributed by atoms with van der Waals surface area (Å²) in [6.07, 6.45) is -0.229. The summed E-state index contributed by atoms with van der Waals surface area (Å²) >= 11 is 0. The number of hydrogen-bond donors (Lipinski definition) is 3. The number of ether oxygens (including phenoxy) is 1. The number of aromatic nitrogens is 2. The van der Waals surface area contributed by atoms with Crippen molar-refractivity contribution in [1.29, 1.82) is 0 Å². The molecule has 0 aliphatic carbocycles. The highest BCUT2D eigenvalue weighted by Crippen LogP contribution is 2.14. The molecule has 0 radical (unpaired) electrons. The van der Waals surface area contributed by atoms with Crippen LogP contribution in [0.3, 0.4) is 0 Å². The van der Waals surface area contributed by atoms with Crippen LogP contribution in [0.1, 0.15) is 13.8 Å². The Morgan fingerprint density at radius 3 is 2.81 bits per heavy atom. The number of hydrogen-bond acceptors (Lipinski definition) is 6. The maximum Gasteiger partial charge on any atom is 0.326 e. The minimum atomic E-state index is -3.81. The van der Waals surface area contributed by atoms with Crippen LogP contribution in [-0.4, -0.2) is 62.2 Å². The standard InChI is InChI=1S/C17H24N4O5S/c1-11(2)9-21-5-6-26-12(10-21)8-18-27(24,25)13-3-4-15-14(7-13)16(22)20-17(23)19-15/h3-4,7,11-12,18H,5-6,8-10H2,1-2H3,(H2,19,20,22,23). The molecule has 1 fully saturated rings. The van der Waals surface area contributed by atoms with Crippen LogP contribution in [0.25, 0.3) is 10.9 Å². The smallest absolute Gasteiger partial charge is 0.326 e. The van der Waals surface area contributed by atoms with Crippen molar-refractivity contribution in [1.82, 2.24) is 19.6 Å². The Morgan fingerprint density at radius 1 is 1.30 bits per heavy atom. The summed E-state index contributed by atoms with van der Waals surface area (Å²) < 4.78 is 33.4. The van der Waals surface area contributed by atoms with Gasteiger partial charge in [0.15, 0.2) is 0 Å². The molecule has 27 heavy (non-hydrogen) atoms. The number of H-pyrrole nitrogens is 2. The van der Waals surface area contributed by atoms with E-state index in [4.69, 9.17) is 4.74 Å². The molecule has 0 bridgehead atoms. The monoisotopic (exact) mass is 396 g/mol. The molecule has 10 heteroatoms. The van der Waals surface area contributed by atoms with Crippen molar-refractivity contribution < 1.29 is 13.2 Å². The van der Waals surface area contributed by atoms with Crippen LogP contribution >= 0.6 is 0 Å². The zero-order valence-electron chi connectivity index (χ0n) is 15.3. The van der Waals surface area contributed by atoms with E-state index in [0.29, 0.717) is 19.1 Å². The molecule has 2 heterocycles. The summed E-state index contributed by atoms with van der Waals surface area (Å²) in [5.74, 6) is 0.530. The van der Waals surface area contributed by atoms with Gasteiger partial charge in [-0.1, -0.05) is 13.8 Å². The zero-order valence-corrected chi connectivity index (χ0v) is 16.1. The first-order chi connectivity index (χ1) is 12.7. The summed E-state index contributed by atoms with van der Waals surface area (Å²) in [5, 5.41) is 0.106. The molecule has 9 nitrogen and oxygen atoms in total. The van der Waals surface area contributed by atoms with Gasteiger partial charge >= 0.3 is 5.69 Å². The molecule has 0 saturated carbocycles. The highest BCUT2D eigenvalue weighted by Gasteiger charge is 2.23. The molecule has 1 unspecified atom stereocenters. The molecule has 0 spiro atoms. The molecule has 1 atom stereocenters. The first-order valence-electron chi connectivity index (χ1n) is 8.84. The Hall–Kier alpha value is -2.01. The molecule has 3 N–H and O–H groups in total. The van der Waals surface area contributed by atoms with Crippen molar-refractivity contribution in [2.75, 3.05) is 32.8 Å². The average molecular weight is 396 g/mol. The van der Waals surface area contributed by atoms with E-state index in [1.54, 1.807) is 0 Å². The van der Waals surface area contributed by atoms with Gasteiger partial charge in [-0.2, -0.15) is 0 Å². The molecule has 1 aliphatic rings. The van der Waals surface area contributed by atoms with Crippen molar-refractivity contribution in [3.05, 3.63) is 39.0 Å². The Morgan fingerprint density at radius 2 is 2.07 bits per heavy atom. The van der Waals surface area contributed by atoms with Gasteiger partial charge in [-0.05, 0) is 24.1 Å². The van der Waals surface area contributed by atoms with Crippen molar-refractivity contribution in [2.24, 2.45) is 5.92 Å². The van der Waals surface area contributed by atoms with Gasteiger partial charge in [0, 0.05) is 26.2 Å². The lowest BCUT2D eigenvalue weighted by atomic mass is 10.2. The predicted molar refractivity (Wildman–Crippen MR) is 101 cm³/mol. The van der Waals surface area contributed by atoms with Gasteiger partial charge in [0.2, 0.25) is 10.0 Å². The number of fused-ring (bicyclic) bond motifs is 1. The van der Waals surface area contributed by atoms with E-state index in [-0.39, 0.29) is 28.4 Å². The van der Waals surface area contributed by atoms with Crippen molar-refractivity contribution in [2.45, 2.75) is 24.8 Å². The van der Waals surface area contributed by atoms with Crippen molar-refractivity contribution >= 4 is 20.9 Å². The molecule has 0 amide bonds. The van der Waals surface area contributed by atoms with E-state index in [9.17, 15) is 18.0 Å². The minimum absolute atomic E-state index is 0.0394. The van der Waals surface area contributed by atoms with Crippen LogP contribution < -0.4 is 16.0 Å². The average Bonchev–Trinajstić information content (AvgIpc) is 2.59. The number of morpholine rings is 1. The summed E-state index contributed by atoms with van der Waals surface area (Å²) in [6, 6.07) is 4.01. The van der Waals surface area contributed by atoms with E-state index < -0.39 is 21.3 Å². The van der Waals surface area contributed by atoms with Crippen LogP contribution in [-0.2, 0) is 14.8 Å². The van der Waals surface area contributed by atoms with E-state index in [1.807, 2.05) is 0 Å². The van der Waals surface area contributed by atoms with Crippen molar-refractivity contribution in [3.8, 4) is 0 Å². The quantitative estimate of drug-likeness (QED) is 0.624. The lowest BCUT2D eigenvalue weighted by molar-refractivity contribution is -0.0280. The van der Waals surface area contributed by atoms with Crippen molar-refractivity contribution in [3.63, 3.8) is 0 Å². The third-order valence-electron chi connectivity index (χ3n) is 4.37. The molecule has 2 aromatic rings. The molecule has 1 aliphatic heterocycles. The number of rotatable bonds is 6. The largest absolute Gasteiger partial charge is 0.374 e. The van der Waals surface area contributed by atoms with Crippen LogP contribution in [0, 0.1) is 5.92 Å². The van der Waals surface area contributed by atoms with Gasteiger partial charge in [-0.15, -0.1) is 0 Å². The van der Waals surface area contributed by atoms with E-state index in [0.717, 1.165) is 13.1 Å². The third kappa shape index (κ3) is 4.83. The summed E-state index contributed by atoms with van der Waals surface area (Å²) in [6.45, 7) is 7.45. The second kappa shape index (κ2) is 7.93. The summed E-state index contributed by atoms with van der Waals surface area (Å²) in [5.41, 5.74) is -0.991. The number of sulfonamides is 1. The summed E-state index contributed by atoms with van der Waals surface area (Å²) in [7, 11) is -3.81. The maximum atomic E-state index is 12.6. The molecular weight excluding hydrogens is 372 g/mol. The zero-order chi connectivity index (χ0) is 19.6. The normalized spacial score (nSPS) is 19.0. The highest BCUT2D eigenvalue weighted by molar-refractivity contribution is 7.89. The Labute approximate surface area is 156 Å². The molecule has 148 valence electrons. The fraction of sp³-hybridized carbons (Fsp3) is 0.529. The lowest BCUT2D eigenvalue weighted by Gasteiger charge is -2.33. The van der Waals surface area contributed by atoms with Gasteiger partial charge < -0.3 is 9.72 Å². The van der Waals surface area contributed by atoms with E-state index in [2.05, 4.69) is 33.4 Å². The second-order valence-electron chi connectivity index (χ2n) is 7.11. The second-order valence-corrected chi connectivity index (χ2v) is 8.88. The van der Waals surface area contributed by atoms with Gasteiger partial charge in [0.25, 0.3) is 5.56 Å². The minimum Gasteiger partial charge on any atom is -0.374 e. The first-order valence-corrected chi connectivity index (χ1v) is 10.3. The van der Waals surface area contributed by atoms with Gasteiger partial charge in [-0.25, -0.2) is 17.9 Å². The topological polar surface area (TPSA) is 124 Å². The fourth-order valence-electron chi connectivity index (χ4n) is 3.18. The van der Waals surface area contributed by atoms with Crippen LogP contribution in [0.2, 0.25) is 0 Å². The predicted octanol–water partition coefficient (Wildman–Crippen LogP) is -0.148. The molecule has 1 aromatic heterocycles. The highest BCUT2D eigenvalue weighted by atomic mass is 32.2. The van der Waals surface area contributed by atoms with E-state index >= 15 is 0 Å². The number of nitrogens with one attached hydrogen (secondary N) is 3. The van der Waals surface area contributed by atoms with Crippen LogP contribution in [0.15, 0.2) is 32.7 Å². The fourth-order valence-corrected chi connectivity index (χ4v) is 4.28. The van der Waals surface area contributed by atoms with Gasteiger partial charge in [0.05, 0.1) is 28.5 Å². The SMILES string of the molecule is CC(C)CN1CCOC(CNS(=O)(=O)c2ccc3[nH]c(=O)[nH]c(=O)c3c2)C1. The Balaban J connectivity index is 1.72. The van der Waals surface area contributed by atoms with Crippen LogP contribution in [0.5, 0.6) is 0 Å². The summed E-state index contributed by atoms with van der Waals surface area (Å²) in [4.78, 5) is 30.0. The number of aromatic amines is 2. The molecular formula is C17H24N4O5S. The number of benzene rings is 1. The molecule has 3 rings (SSSR count). The molecule has 1 aromatic carbocycles. The van der Waals surface area contributed by atoms with Crippen LogP contribution in [0.4, 0.5) is 0 Å². The Kier molecular flexibility index (Phi) is 5.80. The Bertz CT molecular complexity index is 1030. The molecule has 1 saturated heterocycles. The van der Waals surface area contributed by atoms with E-state index in [1.165, 1.54) is 18.2 Å². The van der Waals surface area contributed by atoms with Gasteiger partial charge in [-0.3, -0.25) is 14.7 Å². The third-order valence-corrected chi connectivity index (χ3v) is 5.79.